The number of sulfonamides is 1. The van der Waals surface area contributed by atoms with Crippen LogP contribution in [0.2, 0.25) is 0 Å². The van der Waals surface area contributed by atoms with Crippen molar-refractivity contribution in [1.82, 2.24) is 5.32 Å². The summed E-state index contributed by atoms with van der Waals surface area (Å²) in [5, 5.41) is 3.07. The van der Waals surface area contributed by atoms with E-state index in [4.69, 9.17) is 5.73 Å². The molecule has 1 unspecified atom stereocenters. The molecule has 1 aromatic rings. The largest absolute Gasteiger partial charge is 0.345 e. The molecule has 1 aliphatic heterocycles. The first-order chi connectivity index (χ1) is 11.3. The van der Waals surface area contributed by atoms with Gasteiger partial charge in [-0.25, -0.2) is 8.42 Å². The van der Waals surface area contributed by atoms with Crippen LogP contribution >= 0.6 is 12.4 Å². The number of hydrogen-bond donors (Lipinski definition) is 2. The molecular formula is C17H26ClN3O3S. The molecular weight excluding hydrogens is 362 g/mol. The molecule has 140 valence electrons. The third kappa shape index (κ3) is 3.93. The van der Waals surface area contributed by atoms with Gasteiger partial charge in [0.05, 0.1) is 17.0 Å². The highest BCUT2D eigenvalue weighted by Gasteiger charge is 2.41. The van der Waals surface area contributed by atoms with Gasteiger partial charge in [-0.15, -0.1) is 12.4 Å². The van der Waals surface area contributed by atoms with Gasteiger partial charge in [0.2, 0.25) is 10.0 Å². The lowest BCUT2D eigenvalue weighted by Crippen LogP contribution is -2.53. The zero-order valence-electron chi connectivity index (χ0n) is 14.6. The van der Waals surface area contributed by atoms with Gasteiger partial charge in [-0.1, -0.05) is 0 Å². The van der Waals surface area contributed by atoms with Gasteiger partial charge in [-0.3, -0.25) is 9.10 Å². The Bertz CT molecular complexity index is 764. The summed E-state index contributed by atoms with van der Waals surface area (Å²) < 4.78 is 25.5. The molecule has 1 aliphatic carbocycles. The fraction of sp³-hybridized carbons (Fsp3) is 0.588. The Morgan fingerprint density at radius 1 is 1.40 bits per heavy atom. The number of carbonyl (C=O) groups is 1. The first-order valence-electron chi connectivity index (χ1n) is 8.40. The SMILES string of the molecule is Cc1cc(N2CCCS2(=O)=O)ccc1C(=O)NC(C)(CN)C1CC1.Cl. The Kier molecular flexibility index (Phi) is 5.71. The average Bonchev–Trinajstić information content (AvgIpc) is 3.31. The number of benzene rings is 1. The summed E-state index contributed by atoms with van der Waals surface area (Å²) in [5.41, 5.74) is 7.45. The van der Waals surface area contributed by atoms with Crippen LogP contribution in [0.5, 0.6) is 0 Å². The van der Waals surface area contributed by atoms with Gasteiger partial charge in [0.1, 0.15) is 0 Å². The minimum absolute atomic E-state index is 0. The van der Waals surface area contributed by atoms with E-state index >= 15 is 0 Å². The normalized spacial score (nSPS) is 21.3. The zero-order chi connectivity index (χ0) is 17.5. The molecule has 0 aromatic heterocycles. The van der Waals surface area contributed by atoms with Crippen LogP contribution in [0.3, 0.4) is 0 Å². The second kappa shape index (κ2) is 7.13. The number of nitrogens with one attached hydrogen (secondary N) is 1. The molecule has 0 bridgehead atoms. The summed E-state index contributed by atoms with van der Waals surface area (Å²) >= 11 is 0. The molecule has 1 aromatic carbocycles. The predicted octanol–water partition coefficient (Wildman–Crippen LogP) is 1.81. The van der Waals surface area contributed by atoms with E-state index in [1.807, 2.05) is 13.8 Å². The van der Waals surface area contributed by atoms with E-state index in [2.05, 4.69) is 5.32 Å². The number of aryl methyl sites for hydroxylation is 1. The maximum atomic E-state index is 12.6. The van der Waals surface area contributed by atoms with Crippen LogP contribution in [-0.4, -0.2) is 38.7 Å². The smallest absolute Gasteiger partial charge is 0.252 e. The molecule has 2 fully saturated rings. The zero-order valence-corrected chi connectivity index (χ0v) is 16.3. The maximum absolute atomic E-state index is 12.6. The van der Waals surface area contributed by atoms with Crippen LogP contribution in [-0.2, 0) is 10.0 Å². The monoisotopic (exact) mass is 387 g/mol. The first kappa shape index (κ1) is 20.0. The van der Waals surface area contributed by atoms with Crippen LogP contribution in [0.25, 0.3) is 0 Å². The first-order valence-corrected chi connectivity index (χ1v) is 10.0. The van der Waals surface area contributed by atoms with Crippen molar-refractivity contribution in [3.63, 3.8) is 0 Å². The minimum Gasteiger partial charge on any atom is -0.345 e. The highest BCUT2D eigenvalue weighted by molar-refractivity contribution is 7.93. The molecule has 25 heavy (non-hydrogen) atoms. The number of nitrogens with zero attached hydrogens (tertiary/aromatic N) is 1. The Morgan fingerprint density at radius 3 is 2.56 bits per heavy atom. The van der Waals surface area contributed by atoms with Crippen molar-refractivity contribution in [2.75, 3.05) is 23.1 Å². The summed E-state index contributed by atoms with van der Waals surface area (Å²) in [5.74, 6) is 0.480. The van der Waals surface area contributed by atoms with E-state index in [1.165, 1.54) is 4.31 Å². The number of halogens is 1. The van der Waals surface area contributed by atoms with Crippen LogP contribution < -0.4 is 15.4 Å². The van der Waals surface area contributed by atoms with Gasteiger partial charge in [0, 0.05) is 18.7 Å². The Morgan fingerprint density at radius 2 is 2.08 bits per heavy atom. The van der Waals surface area contributed by atoms with E-state index in [0.29, 0.717) is 36.7 Å². The number of rotatable bonds is 5. The molecule has 1 heterocycles. The van der Waals surface area contributed by atoms with Crippen LogP contribution in [0.4, 0.5) is 5.69 Å². The number of nitrogens with two attached hydrogens (primary N) is 1. The van der Waals surface area contributed by atoms with E-state index in [-0.39, 0.29) is 29.6 Å². The molecule has 1 atom stereocenters. The predicted molar refractivity (Wildman–Crippen MR) is 102 cm³/mol. The molecule has 6 nitrogen and oxygen atoms in total. The fourth-order valence-electron chi connectivity index (χ4n) is 3.35. The van der Waals surface area contributed by atoms with Crippen molar-refractivity contribution in [3.8, 4) is 0 Å². The van der Waals surface area contributed by atoms with E-state index in [1.54, 1.807) is 18.2 Å². The van der Waals surface area contributed by atoms with E-state index in [9.17, 15) is 13.2 Å². The van der Waals surface area contributed by atoms with Crippen molar-refractivity contribution in [3.05, 3.63) is 29.3 Å². The lowest BCUT2D eigenvalue weighted by atomic mass is 9.95. The lowest BCUT2D eigenvalue weighted by molar-refractivity contribution is 0.0897. The van der Waals surface area contributed by atoms with Crippen molar-refractivity contribution >= 4 is 34.0 Å². The number of carbonyl (C=O) groups excluding carboxylic acids is 1. The Hall–Kier alpha value is -1.31. The van der Waals surface area contributed by atoms with Gasteiger partial charge >= 0.3 is 0 Å². The molecule has 0 spiro atoms. The van der Waals surface area contributed by atoms with Gasteiger partial charge in [-0.05, 0) is 62.8 Å². The molecule has 2 aliphatic rings. The average molecular weight is 388 g/mol. The third-order valence-corrected chi connectivity index (χ3v) is 7.01. The topological polar surface area (TPSA) is 92.5 Å². The van der Waals surface area contributed by atoms with Gasteiger partial charge < -0.3 is 11.1 Å². The lowest BCUT2D eigenvalue weighted by Gasteiger charge is -2.30. The highest BCUT2D eigenvalue weighted by atomic mass is 35.5. The number of hydrogen-bond acceptors (Lipinski definition) is 4. The number of anilines is 1. The number of amides is 1. The van der Waals surface area contributed by atoms with Crippen LogP contribution in [0.15, 0.2) is 18.2 Å². The van der Waals surface area contributed by atoms with Crippen LogP contribution in [0, 0.1) is 12.8 Å². The summed E-state index contributed by atoms with van der Waals surface area (Å²) in [7, 11) is -3.21. The molecule has 3 N–H and O–H groups in total. The molecule has 0 radical (unpaired) electrons. The second-order valence-corrected chi connectivity index (χ2v) is 9.10. The van der Waals surface area contributed by atoms with Crippen molar-refractivity contribution in [2.45, 2.75) is 38.6 Å². The van der Waals surface area contributed by atoms with Gasteiger partial charge in [0.25, 0.3) is 5.91 Å². The highest BCUT2D eigenvalue weighted by Crippen LogP contribution is 2.39. The molecule has 1 saturated carbocycles. The van der Waals surface area contributed by atoms with Crippen LogP contribution in [0.1, 0.15) is 42.1 Å². The quantitative estimate of drug-likeness (QED) is 0.805. The van der Waals surface area contributed by atoms with Gasteiger partial charge in [-0.2, -0.15) is 0 Å². The van der Waals surface area contributed by atoms with E-state index < -0.39 is 10.0 Å². The molecule has 1 saturated heterocycles. The van der Waals surface area contributed by atoms with Crippen molar-refractivity contribution < 1.29 is 13.2 Å². The molecule has 8 heteroatoms. The van der Waals surface area contributed by atoms with Gasteiger partial charge in [0.15, 0.2) is 0 Å². The standard InChI is InChI=1S/C17H25N3O3S.ClH/c1-12-10-14(20-8-3-9-24(20,22)23)6-7-15(12)16(21)19-17(2,11-18)13-4-5-13;/h6-7,10,13H,3-5,8-9,11,18H2,1-2H3,(H,19,21);1H. The summed E-state index contributed by atoms with van der Waals surface area (Å²) in [6, 6.07) is 5.19. The summed E-state index contributed by atoms with van der Waals surface area (Å²) in [6.45, 7) is 4.73. The van der Waals surface area contributed by atoms with Crippen molar-refractivity contribution in [1.29, 1.82) is 0 Å². The van der Waals surface area contributed by atoms with E-state index in [0.717, 1.165) is 18.4 Å². The maximum Gasteiger partial charge on any atom is 0.252 e. The molecule has 3 rings (SSSR count). The second-order valence-electron chi connectivity index (χ2n) is 7.09. The Balaban J connectivity index is 0.00000225. The molecule has 1 amide bonds. The summed E-state index contributed by atoms with van der Waals surface area (Å²) in [4.78, 5) is 12.6. The fourth-order valence-corrected chi connectivity index (χ4v) is 4.91. The van der Waals surface area contributed by atoms with Crippen molar-refractivity contribution in [2.24, 2.45) is 11.7 Å². The third-order valence-electron chi connectivity index (χ3n) is 5.14. The minimum atomic E-state index is -3.21. The summed E-state index contributed by atoms with van der Waals surface area (Å²) in [6.07, 6.45) is 2.83. The Labute approximate surface area is 155 Å².